The molecule has 7 nitrogen and oxygen atoms in total. The lowest BCUT2D eigenvalue weighted by Crippen LogP contribution is -2.46. The fourth-order valence-corrected chi connectivity index (χ4v) is 4.17. The van der Waals surface area contributed by atoms with Gasteiger partial charge in [0, 0.05) is 47.8 Å². The second kappa shape index (κ2) is 13.7. The Morgan fingerprint density at radius 3 is 2.37 bits per heavy atom. The van der Waals surface area contributed by atoms with Crippen molar-refractivity contribution in [1.29, 1.82) is 0 Å². The summed E-state index contributed by atoms with van der Waals surface area (Å²) in [6.45, 7) is 6.73. The number of carbonyl (C=O) groups is 2. The van der Waals surface area contributed by atoms with Crippen LogP contribution in [0.25, 0.3) is 10.9 Å². The Balaban J connectivity index is 0.00000204. The Labute approximate surface area is 228 Å². The van der Waals surface area contributed by atoms with Gasteiger partial charge in [0.2, 0.25) is 0 Å². The first-order valence-corrected chi connectivity index (χ1v) is 11.0. The highest BCUT2D eigenvalue weighted by Crippen LogP contribution is 2.27. The van der Waals surface area contributed by atoms with Gasteiger partial charge in [0.1, 0.15) is 5.82 Å². The van der Waals surface area contributed by atoms with Crippen LogP contribution in [0.2, 0.25) is 5.02 Å². The number of benzene rings is 2. The van der Waals surface area contributed by atoms with Crippen molar-refractivity contribution < 1.29 is 14.7 Å². The summed E-state index contributed by atoms with van der Waals surface area (Å²) in [6.07, 6.45) is 1.12. The van der Waals surface area contributed by atoms with Gasteiger partial charge in [-0.25, -0.2) is 9.78 Å². The van der Waals surface area contributed by atoms with Crippen molar-refractivity contribution in [3.8, 4) is 0 Å². The topological polar surface area (TPSA) is 85.8 Å². The number of nitrogens with zero attached hydrogens (tertiary/aromatic N) is 3. The van der Waals surface area contributed by atoms with Gasteiger partial charge in [-0.15, -0.1) is 37.2 Å². The third-order valence-corrected chi connectivity index (χ3v) is 5.84. The van der Waals surface area contributed by atoms with Crippen LogP contribution in [0, 0.1) is 0 Å². The molecule has 2 N–H and O–H groups in total. The molecular weight excluding hydrogens is 534 g/mol. The Hall–Kier alpha value is -2.29. The molecule has 1 fully saturated rings. The number of hydrogen-bond acceptors (Lipinski definition) is 5. The van der Waals surface area contributed by atoms with Gasteiger partial charge in [-0.05, 0) is 55.4 Å². The predicted octanol–water partition coefficient (Wildman–Crippen LogP) is 5.64. The lowest BCUT2D eigenvalue weighted by molar-refractivity contribution is 0.0698. The van der Waals surface area contributed by atoms with Crippen molar-refractivity contribution in [3.63, 3.8) is 0 Å². The Morgan fingerprint density at radius 2 is 1.74 bits per heavy atom. The molecule has 2 heterocycles. The van der Waals surface area contributed by atoms with Crippen LogP contribution < -0.4 is 10.2 Å². The first kappa shape index (κ1) is 30.7. The van der Waals surface area contributed by atoms with Crippen LogP contribution in [0.3, 0.4) is 0 Å². The van der Waals surface area contributed by atoms with Crippen molar-refractivity contribution in [2.45, 2.75) is 13.3 Å². The summed E-state index contributed by atoms with van der Waals surface area (Å²) in [5, 5.41) is 13.6. The minimum Gasteiger partial charge on any atom is -0.478 e. The highest BCUT2D eigenvalue weighted by Gasteiger charge is 2.21. The molecule has 3 aromatic rings. The zero-order chi connectivity index (χ0) is 22.7. The summed E-state index contributed by atoms with van der Waals surface area (Å²) in [5.74, 6) is -0.679. The molecular formula is C24H28Cl4N4O3. The van der Waals surface area contributed by atoms with Gasteiger partial charge in [0.25, 0.3) is 5.91 Å². The van der Waals surface area contributed by atoms with E-state index in [0.717, 1.165) is 39.1 Å². The number of amides is 1. The van der Waals surface area contributed by atoms with Crippen LogP contribution in [0.4, 0.5) is 11.5 Å². The number of hydrogen-bond donors (Lipinski definition) is 2. The van der Waals surface area contributed by atoms with Crippen LogP contribution in [-0.4, -0.2) is 59.6 Å². The monoisotopic (exact) mass is 560 g/mol. The average molecular weight is 562 g/mol. The maximum absolute atomic E-state index is 12.5. The summed E-state index contributed by atoms with van der Waals surface area (Å²) < 4.78 is 0. The number of rotatable bonds is 6. The number of anilines is 2. The van der Waals surface area contributed by atoms with E-state index in [1.54, 1.807) is 48.5 Å². The van der Waals surface area contributed by atoms with Gasteiger partial charge in [-0.3, -0.25) is 9.69 Å². The first-order valence-electron chi connectivity index (χ1n) is 10.7. The lowest BCUT2D eigenvalue weighted by atomic mass is 10.1. The molecule has 1 aliphatic heterocycles. The zero-order valence-electron chi connectivity index (χ0n) is 19.1. The van der Waals surface area contributed by atoms with Crippen LogP contribution in [0.15, 0.2) is 48.5 Å². The van der Waals surface area contributed by atoms with Crippen molar-refractivity contribution >= 4 is 83.1 Å². The molecule has 0 saturated carbocycles. The fourth-order valence-electron chi connectivity index (χ4n) is 3.98. The second-order valence-corrected chi connectivity index (χ2v) is 8.29. The quantitative estimate of drug-likeness (QED) is 0.405. The molecule has 1 aromatic heterocycles. The minimum absolute atomic E-state index is 0. The number of carbonyl (C=O) groups excluding carboxylic acids is 1. The highest BCUT2D eigenvalue weighted by molar-refractivity contribution is 6.31. The fraction of sp³-hybridized carbons (Fsp3) is 0.292. The molecule has 0 spiro atoms. The highest BCUT2D eigenvalue weighted by atomic mass is 35.5. The van der Waals surface area contributed by atoms with Crippen LogP contribution in [-0.2, 0) is 0 Å². The number of aromatic nitrogens is 1. The van der Waals surface area contributed by atoms with Crippen molar-refractivity contribution in [1.82, 2.24) is 9.88 Å². The molecule has 11 heteroatoms. The van der Waals surface area contributed by atoms with Gasteiger partial charge in [0.05, 0.1) is 11.1 Å². The number of pyridine rings is 1. The minimum atomic E-state index is -1.03. The maximum Gasteiger partial charge on any atom is 0.336 e. The number of carboxylic acid groups (broad SMARTS) is 1. The Bertz CT molecular complexity index is 1170. The molecule has 35 heavy (non-hydrogen) atoms. The van der Waals surface area contributed by atoms with Gasteiger partial charge in [0.15, 0.2) is 0 Å². The molecule has 0 radical (unpaired) electrons. The molecule has 2 aromatic carbocycles. The van der Waals surface area contributed by atoms with E-state index in [1.165, 1.54) is 0 Å². The summed E-state index contributed by atoms with van der Waals surface area (Å²) in [7, 11) is 0. The second-order valence-electron chi connectivity index (χ2n) is 7.86. The normalized spacial score (nSPS) is 13.3. The molecule has 0 unspecified atom stereocenters. The maximum atomic E-state index is 12.5. The van der Waals surface area contributed by atoms with Crippen LogP contribution in [0.1, 0.15) is 34.1 Å². The summed E-state index contributed by atoms with van der Waals surface area (Å²) in [5.41, 5.74) is 1.66. The number of halogens is 4. The molecule has 190 valence electrons. The summed E-state index contributed by atoms with van der Waals surface area (Å²) in [4.78, 5) is 33.8. The Morgan fingerprint density at radius 1 is 1.03 bits per heavy atom. The van der Waals surface area contributed by atoms with Gasteiger partial charge >= 0.3 is 5.97 Å². The van der Waals surface area contributed by atoms with E-state index in [1.807, 2.05) is 0 Å². The molecule has 0 aliphatic carbocycles. The van der Waals surface area contributed by atoms with E-state index in [9.17, 15) is 14.7 Å². The summed E-state index contributed by atoms with van der Waals surface area (Å²) >= 11 is 5.97. The van der Waals surface area contributed by atoms with Gasteiger partial charge in [-0.1, -0.05) is 24.6 Å². The summed E-state index contributed by atoms with van der Waals surface area (Å²) in [6, 6.07) is 13.4. The Kier molecular flexibility index (Phi) is 12.0. The number of fused-ring (bicyclic) bond motifs is 1. The largest absolute Gasteiger partial charge is 0.478 e. The van der Waals surface area contributed by atoms with E-state index >= 15 is 0 Å². The number of carboxylic acids is 1. The number of aromatic carboxylic acids is 1. The number of nitrogens with one attached hydrogen (secondary N) is 1. The average Bonchev–Trinajstić information content (AvgIpc) is 2.79. The first-order chi connectivity index (χ1) is 15.4. The van der Waals surface area contributed by atoms with Crippen molar-refractivity contribution in [2.75, 3.05) is 42.9 Å². The predicted molar refractivity (Wildman–Crippen MR) is 149 cm³/mol. The van der Waals surface area contributed by atoms with E-state index in [4.69, 9.17) is 16.6 Å². The van der Waals surface area contributed by atoms with Crippen molar-refractivity contribution in [3.05, 3.63) is 64.7 Å². The molecule has 1 amide bonds. The SMILES string of the molecule is CCCN1CCN(c2cc(C(=O)O)c3cc(NC(=O)c4cccc(Cl)c4)ccc3n2)CC1.Cl.Cl.Cl. The molecule has 1 saturated heterocycles. The third kappa shape index (κ3) is 7.35. The van der Waals surface area contributed by atoms with Gasteiger partial charge in [-0.2, -0.15) is 0 Å². The van der Waals surface area contributed by atoms with Crippen LogP contribution in [0.5, 0.6) is 0 Å². The van der Waals surface area contributed by atoms with E-state index in [0.29, 0.717) is 33.0 Å². The van der Waals surface area contributed by atoms with E-state index in [2.05, 4.69) is 22.0 Å². The van der Waals surface area contributed by atoms with Crippen molar-refractivity contribution in [2.24, 2.45) is 0 Å². The standard InChI is InChI=1S/C24H25ClN4O3.3ClH/c1-2-8-28-9-11-29(12-10-28)22-15-20(24(31)32)19-14-18(6-7-21(19)27-22)26-23(30)16-4-3-5-17(25)13-16;;;/h3-7,13-15H,2,8-12H2,1H3,(H,26,30)(H,31,32);3*1H. The van der Waals surface area contributed by atoms with Crippen LogP contribution >= 0.6 is 48.8 Å². The molecule has 0 atom stereocenters. The van der Waals surface area contributed by atoms with E-state index in [-0.39, 0.29) is 48.7 Å². The smallest absolute Gasteiger partial charge is 0.336 e. The molecule has 0 bridgehead atoms. The lowest BCUT2D eigenvalue weighted by Gasteiger charge is -2.35. The van der Waals surface area contributed by atoms with Gasteiger partial charge < -0.3 is 15.3 Å². The zero-order valence-corrected chi connectivity index (χ0v) is 22.3. The van der Waals surface area contributed by atoms with E-state index < -0.39 is 5.97 Å². The number of piperazine rings is 1. The molecule has 4 rings (SSSR count). The molecule has 1 aliphatic rings. The third-order valence-electron chi connectivity index (χ3n) is 5.61.